The Labute approximate surface area is 180 Å². The number of fused-ring (bicyclic) bond motifs is 3. The van der Waals surface area contributed by atoms with Crippen LogP contribution >= 0.6 is 11.3 Å². The molecule has 30 heavy (non-hydrogen) atoms. The normalized spacial score (nSPS) is 13.5. The van der Waals surface area contributed by atoms with Crippen molar-refractivity contribution in [2.75, 3.05) is 25.5 Å². The third-order valence-electron chi connectivity index (χ3n) is 5.68. The number of nitrogens with one attached hydrogen (secondary N) is 1. The van der Waals surface area contributed by atoms with E-state index in [0.717, 1.165) is 28.2 Å². The van der Waals surface area contributed by atoms with Gasteiger partial charge in [-0.15, -0.1) is 11.3 Å². The molecule has 0 saturated heterocycles. The molecule has 3 aromatic heterocycles. The molecule has 0 spiro atoms. The maximum absolute atomic E-state index is 13.4. The highest BCUT2D eigenvalue weighted by atomic mass is 32.1. The standard InChI is InChI=1S/C24H24N4OS/c1-15-12-22(30-14-15)20-9-8-18(23(26-20)27(2)3)24(29)28-11-10-17-16-6-4-5-7-19(16)25-21(17)13-28/h4-9,12,14,25H,10-11,13H2,1-3H3. The summed E-state index contributed by atoms with van der Waals surface area (Å²) in [6, 6.07) is 14.4. The van der Waals surface area contributed by atoms with Gasteiger partial charge in [0.1, 0.15) is 5.82 Å². The van der Waals surface area contributed by atoms with Gasteiger partial charge in [-0.25, -0.2) is 4.98 Å². The number of pyridine rings is 1. The van der Waals surface area contributed by atoms with Gasteiger partial charge >= 0.3 is 0 Å². The highest BCUT2D eigenvalue weighted by Gasteiger charge is 2.27. The van der Waals surface area contributed by atoms with Crippen molar-refractivity contribution in [2.45, 2.75) is 19.9 Å². The third kappa shape index (κ3) is 3.17. The fraction of sp³-hybridized carbons (Fsp3) is 0.250. The number of aryl methyl sites for hydroxylation is 1. The SMILES string of the molecule is Cc1csc(-c2ccc(C(=O)N3CCc4c([nH]c5ccccc45)C3)c(N(C)C)n2)c1. The molecule has 1 N–H and O–H groups in total. The Morgan fingerprint density at radius 3 is 2.80 bits per heavy atom. The van der Waals surface area contributed by atoms with Gasteiger partial charge in [0.15, 0.2) is 0 Å². The number of benzene rings is 1. The van der Waals surface area contributed by atoms with Gasteiger partial charge < -0.3 is 14.8 Å². The van der Waals surface area contributed by atoms with Crippen LogP contribution in [0.25, 0.3) is 21.5 Å². The fourth-order valence-electron chi connectivity index (χ4n) is 4.20. The van der Waals surface area contributed by atoms with E-state index in [9.17, 15) is 4.79 Å². The Kier molecular flexibility index (Phi) is 4.59. The number of aromatic amines is 1. The number of carbonyl (C=O) groups is 1. The zero-order chi connectivity index (χ0) is 20.8. The lowest BCUT2D eigenvalue weighted by Gasteiger charge is -2.28. The maximum Gasteiger partial charge on any atom is 0.257 e. The number of anilines is 1. The van der Waals surface area contributed by atoms with Gasteiger partial charge in [-0.05, 0) is 54.1 Å². The molecule has 1 amide bonds. The van der Waals surface area contributed by atoms with Crippen LogP contribution in [0.2, 0.25) is 0 Å². The van der Waals surface area contributed by atoms with Crippen molar-refractivity contribution in [1.82, 2.24) is 14.9 Å². The lowest BCUT2D eigenvalue weighted by Crippen LogP contribution is -2.36. The highest BCUT2D eigenvalue weighted by Crippen LogP contribution is 2.31. The average molecular weight is 417 g/mol. The Morgan fingerprint density at radius 2 is 2.03 bits per heavy atom. The summed E-state index contributed by atoms with van der Waals surface area (Å²) >= 11 is 1.68. The fourth-order valence-corrected chi connectivity index (χ4v) is 5.07. The molecule has 5 rings (SSSR count). The first-order chi connectivity index (χ1) is 14.5. The molecule has 4 aromatic rings. The van der Waals surface area contributed by atoms with E-state index in [2.05, 4.69) is 41.6 Å². The molecule has 0 radical (unpaired) electrons. The number of hydrogen-bond acceptors (Lipinski definition) is 4. The van der Waals surface area contributed by atoms with Crippen molar-refractivity contribution in [2.24, 2.45) is 0 Å². The molecular weight excluding hydrogens is 392 g/mol. The minimum Gasteiger partial charge on any atom is -0.362 e. The van der Waals surface area contributed by atoms with Crippen LogP contribution in [0.15, 0.2) is 47.8 Å². The van der Waals surface area contributed by atoms with Crippen LogP contribution in [0.1, 0.15) is 27.2 Å². The molecule has 0 atom stereocenters. The summed E-state index contributed by atoms with van der Waals surface area (Å²) in [5, 5.41) is 3.39. The number of rotatable bonds is 3. The zero-order valence-electron chi connectivity index (χ0n) is 17.4. The van der Waals surface area contributed by atoms with Crippen molar-refractivity contribution in [1.29, 1.82) is 0 Å². The lowest BCUT2D eigenvalue weighted by atomic mass is 10.0. The largest absolute Gasteiger partial charge is 0.362 e. The minimum absolute atomic E-state index is 0.0319. The molecule has 1 aliphatic heterocycles. The van der Waals surface area contributed by atoms with Crippen LogP contribution in [0.3, 0.4) is 0 Å². The highest BCUT2D eigenvalue weighted by molar-refractivity contribution is 7.13. The summed E-state index contributed by atoms with van der Waals surface area (Å²) in [6.45, 7) is 3.40. The van der Waals surface area contributed by atoms with E-state index in [1.54, 1.807) is 11.3 Å². The quantitative estimate of drug-likeness (QED) is 0.519. The molecule has 1 aromatic carbocycles. The van der Waals surface area contributed by atoms with E-state index in [4.69, 9.17) is 4.98 Å². The van der Waals surface area contributed by atoms with Crippen LogP contribution in [0.4, 0.5) is 5.82 Å². The van der Waals surface area contributed by atoms with E-state index < -0.39 is 0 Å². The van der Waals surface area contributed by atoms with Crippen LogP contribution in [0.5, 0.6) is 0 Å². The number of carbonyl (C=O) groups excluding carboxylic acids is 1. The monoisotopic (exact) mass is 416 g/mol. The average Bonchev–Trinajstić information content (AvgIpc) is 3.35. The number of hydrogen-bond donors (Lipinski definition) is 1. The molecule has 0 unspecified atom stereocenters. The topological polar surface area (TPSA) is 52.2 Å². The zero-order valence-corrected chi connectivity index (χ0v) is 18.2. The van der Waals surface area contributed by atoms with Crippen molar-refractivity contribution in [3.8, 4) is 10.6 Å². The van der Waals surface area contributed by atoms with Gasteiger partial charge in [-0.2, -0.15) is 0 Å². The summed E-state index contributed by atoms with van der Waals surface area (Å²) in [7, 11) is 3.88. The van der Waals surface area contributed by atoms with Crippen LogP contribution in [-0.4, -0.2) is 41.4 Å². The number of aromatic nitrogens is 2. The Bertz CT molecular complexity index is 1250. The Hall–Kier alpha value is -3.12. The van der Waals surface area contributed by atoms with E-state index in [0.29, 0.717) is 24.5 Å². The maximum atomic E-state index is 13.4. The predicted molar refractivity (Wildman–Crippen MR) is 123 cm³/mol. The number of para-hydroxylation sites is 1. The summed E-state index contributed by atoms with van der Waals surface area (Å²) in [6.07, 6.45) is 0.863. The summed E-state index contributed by atoms with van der Waals surface area (Å²) in [5.74, 6) is 0.746. The molecule has 0 fully saturated rings. The van der Waals surface area contributed by atoms with Crippen molar-refractivity contribution < 1.29 is 4.79 Å². The van der Waals surface area contributed by atoms with Gasteiger partial charge in [0.05, 0.1) is 22.7 Å². The molecule has 0 aliphatic carbocycles. The molecule has 152 valence electrons. The molecule has 6 heteroatoms. The van der Waals surface area contributed by atoms with Crippen molar-refractivity contribution >= 4 is 34.0 Å². The first-order valence-corrected chi connectivity index (χ1v) is 11.0. The molecule has 0 saturated carbocycles. The van der Waals surface area contributed by atoms with Gasteiger partial charge in [-0.1, -0.05) is 18.2 Å². The first kappa shape index (κ1) is 18.9. The predicted octanol–water partition coefficient (Wildman–Crippen LogP) is 4.86. The van der Waals surface area contributed by atoms with Crippen molar-refractivity contribution in [3.05, 3.63) is 70.2 Å². The number of H-pyrrole nitrogens is 1. The minimum atomic E-state index is 0.0319. The van der Waals surface area contributed by atoms with Crippen LogP contribution in [-0.2, 0) is 13.0 Å². The molecule has 4 heterocycles. The summed E-state index contributed by atoms with van der Waals surface area (Å²) < 4.78 is 0. The summed E-state index contributed by atoms with van der Waals surface area (Å²) in [4.78, 5) is 26.8. The van der Waals surface area contributed by atoms with E-state index >= 15 is 0 Å². The second-order valence-corrected chi connectivity index (χ2v) is 8.97. The summed E-state index contributed by atoms with van der Waals surface area (Å²) in [5.41, 5.74) is 6.40. The van der Waals surface area contributed by atoms with Crippen LogP contribution in [0, 0.1) is 6.92 Å². The number of amides is 1. The van der Waals surface area contributed by atoms with E-state index in [1.165, 1.54) is 16.5 Å². The Balaban J connectivity index is 1.47. The lowest BCUT2D eigenvalue weighted by molar-refractivity contribution is 0.0733. The second-order valence-electron chi connectivity index (χ2n) is 8.05. The Morgan fingerprint density at radius 1 is 1.20 bits per heavy atom. The smallest absolute Gasteiger partial charge is 0.257 e. The van der Waals surface area contributed by atoms with E-state index in [1.807, 2.05) is 42.1 Å². The van der Waals surface area contributed by atoms with Gasteiger partial charge in [0.2, 0.25) is 0 Å². The molecule has 1 aliphatic rings. The van der Waals surface area contributed by atoms with Gasteiger partial charge in [-0.3, -0.25) is 4.79 Å². The van der Waals surface area contributed by atoms with Gasteiger partial charge in [0, 0.05) is 37.2 Å². The van der Waals surface area contributed by atoms with Crippen LogP contribution < -0.4 is 4.90 Å². The van der Waals surface area contributed by atoms with Gasteiger partial charge in [0.25, 0.3) is 5.91 Å². The van der Waals surface area contributed by atoms with E-state index in [-0.39, 0.29) is 5.91 Å². The molecular formula is C24H24N4OS. The number of nitrogens with zero attached hydrogens (tertiary/aromatic N) is 3. The molecule has 0 bridgehead atoms. The first-order valence-electron chi connectivity index (χ1n) is 10.1. The third-order valence-corrected chi connectivity index (χ3v) is 6.75. The molecule has 5 nitrogen and oxygen atoms in total. The number of thiophene rings is 1. The van der Waals surface area contributed by atoms with Crippen molar-refractivity contribution in [3.63, 3.8) is 0 Å². The second kappa shape index (κ2) is 7.29.